The predicted octanol–water partition coefficient (Wildman–Crippen LogP) is 4.54. The van der Waals surface area contributed by atoms with E-state index in [9.17, 15) is 0 Å². The van der Waals surface area contributed by atoms with Crippen molar-refractivity contribution in [3.8, 4) is 0 Å². The molecule has 1 aliphatic carbocycles. The zero-order chi connectivity index (χ0) is 9.57. The average Bonchev–Trinajstić information content (AvgIpc) is 1.96. The lowest BCUT2D eigenvalue weighted by atomic mass is 9.68. The first-order valence-electron chi connectivity index (χ1n) is 4.65. The molecule has 1 heteroatoms. The van der Waals surface area contributed by atoms with Crippen LogP contribution in [0.2, 0.25) is 0 Å². The number of allylic oxidation sites excluding steroid dienone is 2. The summed E-state index contributed by atoms with van der Waals surface area (Å²) in [6.07, 6.45) is 2.66. The van der Waals surface area contributed by atoms with Gasteiger partial charge in [-0.1, -0.05) is 33.3 Å². The summed E-state index contributed by atoms with van der Waals surface area (Å²) in [6.45, 7) is 11.7. The van der Waals surface area contributed by atoms with Crippen molar-refractivity contribution >= 4 is 22.6 Å². The number of halogens is 1. The zero-order valence-electron chi connectivity index (χ0n) is 8.79. The topological polar surface area (TPSA) is 0 Å². The fraction of sp³-hybridized carbons (Fsp3) is 0.818. The van der Waals surface area contributed by atoms with Crippen molar-refractivity contribution in [3.63, 3.8) is 0 Å². The molecule has 0 radical (unpaired) electrons. The van der Waals surface area contributed by atoms with Gasteiger partial charge in [-0.15, -0.1) is 0 Å². The van der Waals surface area contributed by atoms with Crippen LogP contribution in [-0.2, 0) is 0 Å². The van der Waals surface area contributed by atoms with Gasteiger partial charge in [0.15, 0.2) is 0 Å². The van der Waals surface area contributed by atoms with E-state index in [1.54, 1.807) is 9.15 Å². The summed E-state index contributed by atoms with van der Waals surface area (Å²) < 4.78 is 1.58. The molecule has 0 saturated carbocycles. The number of hydrogen-bond acceptors (Lipinski definition) is 0. The maximum atomic E-state index is 2.53. The second-order valence-electron chi connectivity index (χ2n) is 5.21. The van der Waals surface area contributed by atoms with Gasteiger partial charge in [-0.3, -0.25) is 0 Å². The molecule has 0 aromatic rings. The summed E-state index contributed by atoms with van der Waals surface area (Å²) in [5.74, 6) is 0. The lowest BCUT2D eigenvalue weighted by molar-refractivity contribution is 0.278. The Morgan fingerprint density at radius 3 is 1.83 bits per heavy atom. The molecule has 0 fully saturated rings. The highest BCUT2D eigenvalue weighted by atomic mass is 127. The third-order valence-electron chi connectivity index (χ3n) is 3.31. The molecule has 0 aromatic carbocycles. The standard InChI is InChI=1S/C11H19I/c1-8-9(12)11(4,5)7-6-10(8,2)3/h6-7H2,1-5H3. The molecule has 0 amide bonds. The van der Waals surface area contributed by atoms with Crippen LogP contribution >= 0.6 is 22.6 Å². The monoisotopic (exact) mass is 278 g/mol. The van der Waals surface area contributed by atoms with Crippen molar-refractivity contribution in [2.45, 2.75) is 47.5 Å². The quantitative estimate of drug-likeness (QED) is 0.570. The van der Waals surface area contributed by atoms with Crippen LogP contribution in [0.3, 0.4) is 0 Å². The van der Waals surface area contributed by atoms with Crippen LogP contribution in [0.4, 0.5) is 0 Å². The molecule has 0 aromatic heterocycles. The van der Waals surface area contributed by atoms with Crippen LogP contribution in [0.1, 0.15) is 47.5 Å². The molecule has 12 heavy (non-hydrogen) atoms. The Morgan fingerprint density at radius 1 is 1.00 bits per heavy atom. The van der Waals surface area contributed by atoms with E-state index < -0.39 is 0 Å². The van der Waals surface area contributed by atoms with Crippen LogP contribution in [0, 0.1) is 10.8 Å². The maximum Gasteiger partial charge on any atom is -0.00430 e. The molecule has 0 spiro atoms. The lowest BCUT2D eigenvalue weighted by Gasteiger charge is -2.40. The molecule has 0 unspecified atom stereocenters. The molecule has 0 atom stereocenters. The maximum absolute atomic E-state index is 2.53. The largest absolute Gasteiger partial charge is 0.0579 e. The smallest absolute Gasteiger partial charge is 0.00430 e. The van der Waals surface area contributed by atoms with Crippen molar-refractivity contribution < 1.29 is 0 Å². The molecule has 0 nitrogen and oxygen atoms in total. The molecule has 0 bridgehead atoms. The van der Waals surface area contributed by atoms with Crippen molar-refractivity contribution in [3.05, 3.63) is 9.15 Å². The highest BCUT2D eigenvalue weighted by Gasteiger charge is 2.35. The van der Waals surface area contributed by atoms with Crippen LogP contribution in [-0.4, -0.2) is 0 Å². The molecule has 1 aliphatic rings. The van der Waals surface area contributed by atoms with Gasteiger partial charge >= 0.3 is 0 Å². The van der Waals surface area contributed by atoms with E-state index in [1.165, 1.54) is 12.8 Å². The molecule has 1 rings (SSSR count). The molecular weight excluding hydrogens is 259 g/mol. The summed E-state index contributed by atoms with van der Waals surface area (Å²) >= 11 is 2.53. The Bertz CT molecular complexity index is 197. The molecular formula is C11H19I. The second kappa shape index (κ2) is 3.00. The summed E-state index contributed by atoms with van der Waals surface area (Å²) in [7, 11) is 0. The predicted molar refractivity (Wildman–Crippen MR) is 63.5 cm³/mol. The van der Waals surface area contributed by atoms with Crippen molar-refractivity contribution in [1.29, 1.82) is 0 Å². The van der Waals surface area contributed by atoms with E-state index in [4.69, 9.17) is 0 Å². The van der Waals surface area contributed by atoms with Gasteiger partial charge in [0.25, 0.3) is 0 Å². The lowest BCUT2D eigenvalue weighted by Crippen LogP contribution is -2.27. The van der Waals surface area contributed by atoms with Crippen LogP contribution in [0.5, 0.6) is 0 Å². The Hall–Kier alpha value is 0.470. The molecule has 70 valence electrons. The highest BCUT2D eigenvalue weighted by Crippen LogP contribution is 2.50. The van der Waals surface area contributed by atoms with E-state index in [0.717, 1.165) is 0 Å². The minimum Gasteiger partial charge on any atom is -0.0579 e. The third kappa shape index (κ3) is 1.70. The van der Waals surface area contributed by atoms with Gasteiger partial charge in [0.1, 0.15) is 0 Å². The van der Waals surface area contributed by atoms with Crippen LogP contribution in [0.15, 0.2) is 9.15 Å². The Morgan fingerprint density at radius 2 is 1.42 bits per heavy atom. The number of rotatable bonds is 0. The van der Waals surface area contributed by atoms with E-state index in [-0.39, 0.29) is 0 Å². The van der Waals surface area contributed by atoms with Gasteiger partial charge in [-0.05, 0) is 56.8 Å². The second-order valence-corrected chi connectivity index (χ2v) is 6.29. The first-order valence-corrected chi connectivity index (χ1v) is 5.72. The number of hydrogen-bond donors (Lipinski definition) is 0. The van der Waals surface area contributed by atoms with E-state index in [1.807, 2.05) is 0 Å². The van der Waals surface area contributed by atoms with Gasteiger partial charge in [-0.2, -0.15) is 0 Å². The Kier molecular flexibility index (Phi) is 2.64. The SMILES string of the molecule is CC1=C(I)C(C)(C)CCC1(C)C. The summed E-state index contributed by atoms with van der Waals surface area (Å²) in [5.41, 5.74) is 2.46. The molecule has 0 N–H and O–H groups in total. The van der Waals surface area contributed by atoms with Crippen molar-refractivity contribution in [2.75, 3.05) is 0 Å². The van der Waals surface area contributed by atoms with Gasteiger partial charge in [-0.25, -0.2) is 0 Å². The summed E-state index contributed by atoms with van der Waals surface area (Å²) in [6, 6.07) is 0. The summed E-state index contributed by atoms with van der Waals surface area (Å²) in [5, 5.41) is 0. The van der Waals surface area contributed by atoms with Crippen LogP contribution < -0.4 is 0 Å². The van der Waals surface area contributed by atoms with Crippen LogP contribution in [0.25, 0.3) is 0 Å². The Labute approximate surface area is 90.0 Å². The zero-order valence-corrected chi connectivity index (χ0v) is 10.9. The van der Waals surface area contributed by atoms with E-state index in [0.29, 0.717) is 10.8 Å². The molecule has 0 heterocycles. The summed E-state index contributed by atoms with van der Waals surface area (Å²) in [4.78, 5) is 0. The van der Waals surface area contributed by atoms with Gasteiger partial charge in [0.2, 0.25) is 0 Å². The highest BCUT2D eigenvalue weighted by molar-refractivity contribution is 14.1. The van der Waals surface area contributed by atoms with Gasteiger partial charge in [0.05, 0.1) is 0 Å². The molecule has 0 saturated heterocycles. The normalized spacial score (nSPS) is 27.5. The van der Waals surface area contributed by atoms with Crippen molar-refractivity contribution in [1.82, 2.24) is 0 Å². The first kappa shape index (κ1) is 10.6. The third-order valence-corrected chi connectivity index (χ3v) is 5.58. The van der Waals surface area contributed by atoms with E-state index >= 15 is 0 Å². The average molecular weight is 278 g/mol. The van der Waals surface area contributed by atoms with E-state index in [2.05, 4.69) is 57.2 Å². The minimum atomic E-state index is 0.431. The fourth-order valence-electron chi connectivity index (χ4n) is 1.73. The van der Waals surface area contributed by atoms with Gasteiger partial charge in [0, 0.05) is 0 Å². The Balaban J connectivity index is 3.10. The first-order chi connectivity index (χ1) is 5.27. The molecule has 0 aliphatic heterocycles. The van der Waals surface area contributed by atoms with Gasteiger partial charge < -0.3 is 0 Å². The fourth-order valence-corrected chi connectivity index (χ4v) is 2.73. The van der Waals surface area contributed by atoms with Crippen molar-refractivity contribution in [2.24, 2.45) is 10.8 Å². The minimum absolute atomic E-state index is 0.431.